The molecule has 1 aromatic rings. The highest BCUT2D eigenvalue weighted by Gasteiger charge is 2.40. The van der Waals surface area contributed by atoms with Crippen LogP contribution < -0.4 is 10.6 Å². The molecule has 0 aliphatic carbocycles. The predicted octanol–water partition coefficient (Wildman–Crippen LogP) is 0.518. The number of hydrogen-bond donors (Lipinski definition) is 3. The quantitative estimate of drug-likeness (QED) is 0.758. The van der Waals surface area contributed by atoms with E-state index in [9.17, 15) is 14.7 Å². The van der Waals surface area contributed by atoms with Crippen molar-refractivity contribution < 1.29 is 14.7 Å². The van der Waals surface area contributed by atoms with Gasteiger partial charge in [-0.1, -0.05) is 30.3 Å². The van der Waals surface area contributed by atoms with Gasteiger partial charge in [0.25, 0.3) is 5.91 Å². The molecular weight excluding hydrogens is 270 g/mol. The fourth-order valence-corrected chi connectivity index (χ4v) is 2.79. The second-order valence-corrected chi connectivity index (χ2v) is 5.37. The first-order valence-electron chi connectivity index (χ1n) is 6.89. The molecule has 0 spiro atoms. The maximum atomic E-state index is 12.5. The van der Waals surface area contributed by atoms with Crippen LogP contribution in [0.4, 0.5) is 4.79 Å². The van der Waals surface area contributed by atoms with Crippen LogP contribution in [0, 0.1) is 0 Å². The Morgan fingerprint density at radius 1 is 1.33 bits per heavy atom. The molecule has 1 aromatic carbocycles. The molecule has 0 unspecified atom stereocenters. The molecule has 0 bridgehead atoms. The summed E-state index contributed by atoms with van der Waals surface area (Å²) in [6, 6.07) is 8.64. The van der Waals surface area contributed by atoms with Gasteiger partial charge < -0.3 is 20.6 Å². The Kier molecular flexibility index (Phi) is 3.39. The van der Waals surface area contributed by atoms with E-state index in [-0.39, 0.29) is 18.5 Å². The van der Waals surface area contributed by atoms with Crippen molar-refractivity contribution in [2.75, 3.05) is 13.1 Å². The smallest absolute Gasteiger partial charge is 0.319 e. The number of carbonyl (C=O) groups excluding carboxylic acids is 2. The number of β-amino-alcohol motifs (C(OH)–C–C–N with tert-alkyl or cyclic N) is 1. The molecule has 0 fully saturated rings. The van der Waals surface area contributed by atoms with E-state index in [1.807, 2.05) is 30.3 Å². The number of aliphatic hydroxyl groups is 1. The molecule has 2 heterocycles. The maximum Gasteiger partial charge on any atom is 0.319 e. The lowest BCUT2D eigenvalue weighted by Gasteiger charge is -2.25. The van der Waals surface area contributed by atoms with Gasteiger partial charge in [-0.2, -0.15) is 0 Å². The summed E-state index contributed by atoms with van der Waals surface area (Å²) in [5.41, 5.74) is 2.05. The largest absolute Gasteiger partial charge is 0.392 e. The number of nitrogens with zero attached hydrogens (tertiary/aromatic N) is 1. The topological polar surface area (TPSA) is 81.7 Å². The highest BCUT2D eigenvalue weighted by Crippen LogP contribution is 2.32. The number of benzene rings is 1. The van der Waals surface area contributed by atoms with Crippen LogP contribution >= 0.6 is 0 Å². The second kappa shape index (κ2) is 5.21. The van der Waals surface area contributed by atoms with Crippen molar-refractivity contribution in [2.45, 2.75) is 19.1 Å². The highest BCUT2D eigenvalue weighted by molar-refractivity contribution is 6.01. The second-order valence-electron chi connectivity index (χ2n) is 5.37. The van der Waals surface area contributed by atoms with E-state index in [1.54, 1.807) is 11.8 Å². The van der Waals surface area contributed by atoms with Gasteiger partial charge in [-0.25, -0.2) is 4.79 Å². The van der Waals surface area contributed by atoms with Gasteiger partial charge in [-0.3, -0.25) is 4.79 Å². The molecule has 3 rings (SSSR count). The van der Waals surface area contributed by atoms with Crippen LogP contribution in [-0.4, -0.2) is 41.1 Å². The lowest BCUT2D eigenvalue weighted by atomic mass is 9.96. The fraction of sp³-hybridized carbons (Fsp3) is 0.333. The van der Waals surface area contributed by atoms with Gasteiger partial charge in [0, 0.05) is 6.54 Å². The first-order chi connectivity index (χ1) is 10.1. The molecule has 6 nitrogen and oxygen atoms in total. The van der Waals surface area contributed by atoms with Crippen LogP contribution in [0.3, 0.4) is 0 Å². The zero-order valence-electron chi connectivity index (χ0n) is 11.7. The summed E-state index contributed by atoms with van der Waals surface area (Å²) >= 11 is 0. The fourth-order valence-electron chi connectivity index (χ4n) is 2.79. The molecule has 6 heteroatoms. The van der Waals surface area contributed by atoms with Crippen LogP contribution in [0.15, 0.2) is 41.6 Å². The summed E-state index contributed by atoms with van der Waals surface area (Å²) in [6.07, 6.45) is -0.603. The third kappa shape index (κ3) is 2.50. The predicted molar refractivity (Wildman–Crippen MR) is 76.1 cm³/mol. The van der Waals surface area contributed by atoms with Gasteiger partial charge in [-0.05, 0) is 12.5 Å². The standard InChI is InChI=1S/C15H17N3O3/c1-9(19)7-18-8-11-12(14(18)20)13(17-15(21)16-11)10-5-3-2-4-6-10/h2-6,9,13,19H,7-8H2,1H3,(H2,16,17,21)/t9-,13+/m0/s1. The summed E-state index contributed by atoms with van der Waals surface area (Å²) in [4.78, 5) is 25.9. The van der Waals surface area contributed by atoms with Crippen molar-refractivity contribution in [3.05, 3.63) is 47.2 Å². The Labute approximate surface area is 122 Å². The van der Waals surface area contributed by atoms with Crippen molar-refractivity contribution in [1.82, 2.24) is 15.5 Å². The van der Waals surface area contributed by atoms with E-state index >= 15 is 0 Å². The van der Waals surface area contributed by atoms with E-state index < -0.39 is 12.1 Å². The van der Waals surface area contributed by atoms with E-state index in [0.29, 0.717) is 17.8 Å². The maximum absolute atomic E-state index is 12.5. The molecule has 2 aliphatic rings. The molecular formula is C15H17N3O3. The summed E-state index contributed by atoms with van der Waals surface area (Å²) in [6.45, 7) is 2.22. The number of rotatable bonds is 3. The average molecular weight is 287 g/mol. The Morgan fingerprint density at radius 2 is 2.05 bits per heavy atom. The summed E-state index contributed by atoms with van der Waals surface area (Å²) < 4.78 is 0. The van der Waals surface area contributed by atoms with Crippen molar-refractivity contribution in [3.8, 4) is 0 Å². The Hall–Kier alpha value is -2.34. The van der Waals surface area contributed by atoms with Crippen molar-refractivity contribution in [1.29, 1.82) is 0 Å². The van der Waals surface area contributed by atoms with Gasteiger partial charge in [0.15, 0.2) is 0 Å². The normalized spacial score (nSPS) is 22.8. The first-order valence-corrected chi connectivity index (χ1v) is 6.89. The van der Waals surface area contributed by atoms with Crippen molar-refractivity contribution in [2.24, 2.45) is 0 Å². The summed E-state index contributed by atoms with van der Waals surface area (Å²) in [5, 5.41) is 15.0. The van der Waals surface area contributed by atoms with Gasteiger partial charge >= 0.3 is 6.03 Å². The highest BCUT2D eigenvalue weighted by atomic mass is 16.3. The number of nitrogens with one attached hydrogen (secondary N) is 2. The minimum Gasteiger partial charge on any atom is -0.392 e. The minimum atomic E-state index is -0.603. The Balaban J connectivity index is 1.94. The van der Waals surface area contributed by atoms with Gasteiger partial charge in [-0.15, -0.1) is 0 Å². The molecule has 110 valence electrons. The minimum absolute atomic E-state index is 0.146. The molecule has 21 heavy (non-hydrogen) atoms. The third-order valence-corrected chi connectivity index (χ3v) is 3.64. The monoisotopic (exact) mass is 287 g/mol. The van der Waals surface area contributed by atoms with Gasteiger partial charge in [0.05, 0.1) is 30.0 Å². The number of amides is 3. The van der Waals surface area contributed by atoms with Crippen LogP contribution in [0.5, 0.6) is 0 Å². The Morgan fingerprint density at radius 3 is 2.71 bits per heavy atom. The van der Waals surface area contributed by atoms with E-state index in [4.69, 9.17) is 0 Å². The molecule has 0 saturated heterocycles. The van der Waals surface area contributed by atoms with E-state index in [2.05, 4.69) is 10.6 Å². The molecule has 2 aliphatic heterocycles. The summed E-state index contributed by atoms with van der Waals surface area (Å²) in [7, 11) is 0. The first kappa shape index (κ1) is 13.6. The molecule has 0 radical (unpaired) electrons. The Bertz CT molecular complexity index is 610. The SMILES string of the molecule is C[C@H](O)CN1CC2=C(C1=O)[C@@H](c1ccccc1)NC(=O)N2. The van der Waals surface area contributed by atoms with E-state index in [0.717, 1.165) is 5.56 Å². The van der Waals surface area contributed by atoms with Crippen LogP contribution in [-0.2, 0) is 4.79 Å². The van der Waals surface area contributed by atoms with E-state index in [1.165, 1.54) is 0 Å². The van der Waals surface area contributed by atoms with Crippen molar-refractivity contribution >= 4 is 11.9 Å². The molecule has 3 N–H and O–H groups in total. The molecule has 0 saturated carbocycles. The van der Waals surface area contributed by atoms with Crippen molar-refractivity contribution in [3.63, 3.8) is 0 Å². The van der Waals surface area contributed by atoms with Gasteiger partial charge in [0.1, 0.15) is 0 Å². The number of urea groups is 1. The molecule has 3 amide bonds. The van der Waals surface area contributed by atoms with Crippen LogP contribution in [0.25, 0.3) is 0 Å². The molecule has 2 atom stereocenters. The zero-order chi connectivity index (χ0) is 15.0. The average Bonchev–Trinajstić information content (AvgIpc) is 2.74. The third-order valence-electron chi connectivity index (χ3n) is 3.64. The lowest BCUT2D eigenvalue weighted by molar-refractivity contribution is -0.126. The van der Waals surface area contributed by atoms with Gasteiger partial charge in [0.2, 0.25) is 0 Å². The zero-order valence-corrected chi connectivity index (χ0v) is 11.7. The lowest BCUT2D eigenvalue weighted by Crippen LogP contribution is -2.44. The molecule has 0 aromatic heterocycles. The number of hydrogen-bond acceptors (Lipinski definition) is 3. The van der Waals surface area contributed by atoms with Crippen LogP contribution in [0.1, 0.15) is 18.5 Å². The number of carbonyl (C=O) groups is 2. The van der Waals surface area contributed by atoms with Crippen LogP contribution in [0.2, 0.25) is 0 Å². The number of aliphatic hydroxyl groups excluding tert-OH is 1. The summed E-state index contributed by atoms with van der Waals surface area (Å²) in [5.74, 6) is -0.146.